The number of hydrogen-bond acceptors (Lipinski definition) is 8. The number of alkyl halides is 2. The number of carbonyl (C=O) groups is 5. The molecule has 0 saturated carbocycles. The van der Waals surface area contributed by atoms with E-state index in [1.165, 1.54) is 0 Å². The number of anilines is 2. The second kappa shape index (κ2) is 18.2. The van der Waals surface area contributed by atoms with Crippen LogP contribution in [0, 0.1) is 0 Å². The summed E-state index contributed by atoms with van der Waals surface area (Å²) in [6.07, 6.45) is 9.56. The molecule has 338 valence electrons. The van der Waals surface area contributed by atoms with Gasteiger partial charge in [-0.3, -0.25) is 33.9 Å². The lowest BCUT2D eigenvalue weighted by molar-refractivity contribution is -0.137. The number of amides is 6. The van der Waals surface area contributed by atoms with E-state index in [4.69, 9.17) is 5.10 Å². The number of unbranched alkanes of at least 4 members (excludes halogenated alkanes) is 3. The first kappa shape index (κ1) is 43.1. The van der Waals surface area contributed by atoms with Crippen LogP contribution in [-0.4, -0.2) is 103 Å². The first-order valence-electron chi connectivity index (χ1n) is 22.8. The minimum atomic E-state index is -2.69. The van der Waals surface area contributed by atoms with Crippen LogP contribution >= 0.6 is 0 Å². The fraction of sp³-hybridized carbons (Fsp3) is 0.511. The maximum atomic E-state index is 14.7. The Hall–Kier alpha value is -6.13. The Morgan fingerprint density at radius 2 is 1.73 bits per heavy atom. The van der Waals surface area contributed by atoms with Crippen LogP contribution in [-0.2, 0) is 53.8 Å². The number of carbonyl (C=O) groups excluding carboxylic acids is 5. The van der Waals surface area contributed by atoms with Crippen molar-refractivity contribution in [3.05, 3.63) is 81.8 Å². The molecule has 4 aromatic rings. The highest BCUT2D eigenvalue weighted by Gasteiger charge is 2.40. The summed E-state index contributed by atoms with van der Waals surface area (Å²) in [7, 11) is 3.39. The fourth-order valence-electron chi connectivity index (χ4n) is 10.5. The standard InChI is InChI=1S/C47H56F2N10O5/c1-50-47(64)56-22-18-37-36(28-56)44(57-19-8-12-30-23-34(32-25-51-54(2)26-32)35(43(48)49)24-39(30)57)53-59(37)33-16-20-55(21-17-33)41(61)13-6-4-3-5-9-29-10-7-11-31-27-58(46(63)42(29)31)38-14-15-40(60)52-45(38)62/h7,10-11,23-26,33,38,43H,3-6,8-9,12-22,27-28H2,1-2H3,(H,50,64)(H,52,60,62). The molecule has 2 saturated heterocycles. The van der Waals surface area contributed by atoms with Crippen LogP contribution in [0.4, 0.5) is 25.1 Å². The van der Waals surface area contributed by atoms with Crippen LogP contribution in [0.2, 0.25) is 0 Å². The lowest BCUT2D eigenvalue weighted by atomic mass is 9.92. The molecule has 0 radical (unpaired) electrons. The summed E-state index contributed by atoms with van der Waals surface area (Å²) in [5.41, 5.74) is 7.34. The highest BCUT2D eigenvalue weighted by Crippen LogP contribution is 2.44. The van der Waals surface area contributed by atoms with Crippen LogP contribution in [0.3, 0.4) is 0 Å². The number of likely N-dealkylation sites (tertiary alicyclic amines) is 1. The van der Waals surface area contributed by atoms with Crippen molar-refractivity contribution in [1.82, 2.24) is 44.9 Å². The van der Waals surface area contributed by atoms with Crippen LogP contribution in [0.25, 0.3) is 11.1 Å². The van der Waals surface area contributed by atoms with Gasteiger partial charge in [0.2, 0.25) is 17.7 Å². The quantitative estimate of drug-likeness (QED) is 0.127. The highest BCUT2D eigenvalue weighted by molar-refractivity contribution is 6.06. The third-order valence-electron chi connectivity index (χ3n) is 13.8. The maximum Gasteiger partial charge on any atom is 0.317 e. The summed E-state index contributed by atoms with van der Waals surface area (Å²) in [5, 5.41) is 14.6. The first-order chi connectivity index (χ1) is 31.0. The molecule has 64 heavy (non-hydrogen) atoms. The number of imide groups is 1. The van der Waals surface area contributed by atoms with Gasteiger partial charge in [0, 0.05) is 106 Å². The molecular weight excluding hydrogens is 823 g/mol. The summed E-state index contributed by atoms with van der Waals surface area (Å²) in [4.78, 5) is 71.4. The van der Waals surface area contributed by atoms with Crippen molar-refractivity contribution in [2.75, 3.05) is 38.1 Å². The molecule has 5 aliphatic heterocycles. The molecule has 0 bridgehead atoms. The summed E-state index contributed by atoms with van der Waals surface area (Å²) >= 11 is 0. The molecule has 0 spiro atoms. The second-order valence-corrected chi connectivity index (χ2v) is 17.8. The lowest BCUT2D eigenvalue weighted by Gasteiger charge is -2.34. The predicted octanol–water partition coefficient (Wildman–Crippen LogP) is 6.12. The summed E-state index contributed by atoms with van der Waals surface area (Å²) in [6, 6.07) is 8.61. The van der Waals surface area contributed by atoms with Crippen LogP contribution in [0.5, 0.6) is 0 Å². The molecule has 0 aliphatic carbocycles. The minimum absolute atomic E-state index is 0.0503. The van der Waals surface area contributed by atoms with Gasteiger partial charge in [0.1, 0.15) is 6.04 Å². The zero-order valence-corrected chi connectivity index (χ0v) is 36.6. The topological polar surface area (TPSA) is 158 Å². The van der Waals surface area contributed by atoms with E-state index in [0.717, 1.165) is 91.4 Å². The van der Waals surface area contributed by atoms with Gasteiger partial charge in [-0.25, -0.2) is 13.6 Å². The summed E-state index contributed by atoms with van der Waals surface area (Å²) in [6.45, 7) is 3.09. The number of nitrogens with one attached hydrogen (secondary N) is 2. The van der Waals surface area contributed by atoms with Crippen molar-refractivity contribution < 1.29 is 32.8 Å². The Morgan fingerprint density at radius 1 is 0.922 bits per heavy atom. The molecular formula is C47H56F2N10O5. The number of urea groups is 1. The Bertz CT molecular complexity index is 2470. The Morgan fingerprint density at radius 3 is 2.48 bits per heavy atom. The molecule has 15 nitrogen and oxygen atoms in total. The highest BCUT2D eigenvalue weighted by atomic mass is 19.3. The third-order valence-corrected chi connectivity index (χ3v) is 13.8. The van der Waals surface area contributed by atoms with Gasteiger partial charge in [-0.2, -0.15) is 10.2 Å². The lowest BCUT2D eigenvalue weighted by Crippen LogP contribution is -2.52. The monoisotopic (exact) mass is 878 g/mol. The molecule has 2 aromatic heterocycles. The molecule has 17 heteroatoms. The van der Waals surface area contributed by atoms with Gasteiger partial charge < -0.3 is 24.9 Å². The van der Waals surface area contributed by atoms with Gasteiger partial charge in [0.05, 0.1) is 18.8 Å². The third kappa shape index (κ3) is 8.36. The van der Waals surface area contributed by atoms with Crippen molar-refractivity contribution in [2.24, 2.45) is 7.05 Å². The van der Waals surface area contributed by atoms with E-state index < -0.39 is 18.4 Å². The number of nitrogens with zero attached hydrogens (tertiary/aromatic N) is 8. The summed E-state index contributed by atoms with van der Waals surface area (Å²) in [5.74, 6) is -0.00998. The first-order valence-corrected chi connectivity index (χ1v) is 22.8. The summed E-state index contributed by atoms with van der Waals surface area (Å²) < 4.78 is 33.2. The number of hydrogen-bond donors (Lipinski definition) is 2. The smallest absolute Gasteiger partial charge is 0.317 e. The van der Waals surface area contributed by atoms with Crippen molar-refractivity contribution >= 4 is 41.2 Å². The van der Waals surface area contributed by atoms with Gasteiger partial charge in [0.15, 0.2) is 5.82 Å². The van der Waals surface area contributed by atoms with Gasteiger partial charge in [-0.1, -0.05) is 31.0 Å². The van der Waals surface area contributed by atoms with Crippen molar-refractivity contribution in [1.29, 1.82) is 0 Å². The Kier molecular flexibility index (Phi) is 12.2. The molecule has 2 fully saturated rings. The molecule has 2 aromatic carbocycles. The number of benzene rings is 2. The number of fused-ring (bicyclic) bond motifs is 3. The zero-order chi connectivity index (χ0) is 44.6. The minimum Gasteiger partial charge on any atom is -0.343 e. The largest absolute Gasteiger partial charge is 0.343 e. The number of aromatic nitrogens is 4. The van der Waals surface area contributed by atoms with Crippen molar-refractivity contribution in [2.45, 2.75) is 115 Å². The maximum absolute atomic E-state index is 14.7. The van der Waals surface area contributed by atoms with Crippen LogP contribution in [0.1, 0.15) is 121 Å². The van der Waals surface area contributed by atoms with E-state index in [1.54, 1.807) is 47.0 Å². The molecule has 7 heterocycles. The second-order valence-electron chi connectivity index (χ2n) is 17.8. The van der Waals surface area contributed by atoms with Gasteiger partial charge >= 0.3 is 6.03 Å². The Labute approximate surface area is 371 Å². The predicted molar refractivity (Wildman–Crippen MR) is 234 cm³/mol. The van der Waals surface area contributed by atoms with Crippen LogP contribution < -0.4 is 15.5 Å². The van der Waals surface area contributed by atoms with E-state index >= 15 is 0 Å². The van der Waals surface area contributed by atoms with E-state index in [0.29, 0.717) is 81.0 Å². The molecule has 2 N–H and O–H groups in total. The van der Waals surface area contributed by atoms with E-state index in [2.05, 4.69) is 25.3 Å². The number of rotatable bonds is 12. The molecule has 1 atom stereocenters. The van der Waals surface area contributed by atoms with Gasteiger partial charge in [-0.15, -0.1) is 0 Å². The molecule has 6 amide bonds. The number of piperidine rings is 2. The zero-order valence-electron chi connectivity index (χ0n) is 36.6. The van der Waals surface area contributed by atoms with E-state index in [1.807, 2.05) is 29.2 Å². The van der Waals surface area contributed by atoms with Crippen molar-refractivity contribution in [3.63, 3.8) is 0 Å². The van der Waals surface area contributed by atoms with Crippen molar-refractivity contribution in [3.8, 4) is 11.1 Å². The SMILES string of the molecule is CNC(=O)N1CCc2c(c(N3CCCc4cc(-c5cnn(C)c5)c(C(F)F)cc43)nn2C2CCN(C(=O)CCCCCCc3cccc4c3C(=O)N(C3CCC(=O)NC3=O)C4)CC2)C1. The molecule has 5 aliphatic rings. The Balaban J connectivity index is 0.818. The van der Waals surface area contributed by atoms with Gasteiger partial charge in [0.25, 0.3) is 12.3 Å². The average molecular weight is 879 g/mol. The molecule has 1 unspecified atom stereocenters. The fourth-order valence-corrected chi connectivity index (χ4v) is 10.5. The normalized spacial score (nSPS) is 19.0. The number of aryl methyl sites for hydroxylation is 3. The van der Waals surface area contributed by atoms with E-state index in [-0.39, 0.29) is 41.8 Å². The van der Waals surface area contributed by atoms with Crippen LogP contribution in [0.15, 0.2) is 42.7 Å². The molecule has 9 rings (SSSR count). The van der Waals surface area contributed by atoms with Gasteiger partial charge in [-0.05, 0) is 85.8 Å². The average Bonchev–Trinajstić information content (AvgIpc) is 4.01. The number of halogens is 2. The van der Waals surface area contributed by atoms with E-state index in [9.17, 15) is 32.8 Å².